The van der Waals surface area contributed by atoms with Gasteiger partial charge in [0.2, 0.25) is 0 Å². The summed E-state index contributed by atoms with van der Waals surface area (Å²) in [6, 6.07) is 10.6. The number of nitriles is 2. The lowest BCUT2D eigenvalue weighted by atomic mass is 9.67. The molecule has 1 aromatic carbocycles. The van der Waals surface area contributed by atoms with Crippen LogP contribution in [-0.4, -0.2) is 11.6 Å². The second-order valence-corrected chi connectivity index (χ2v) is 7.62. The van der Waals surface area contributed by atoms with Crippen LogP contribution in [0.3, 0.4) is 0 Å². The molecule has 1 aromatic rings. The van der Waals surface area contributed by atoms with E-state index in [0.717, 1.165) is 0 Å². The van der Waals surface area contributed by atoms with E-state index in [1.165, 1.54) is 0 Å². The molecule has 2 aliphatic carbocycles. The predicted octanol–water partition coefficient (Wildman–Crippen LogP) is 3.42. The molecular formula is C18H15ClN2O2. The predicted molar refractivity (Wildman–Crippen MR) is 83.3 cm³/mol. The molecule has 0 amide bonds. The molecule has 1 atom stereocenters. The third-order valence-electron chi connectivity index (χ3n) is 5.12. The first-order chi connectivity index (χ1) is 10.7. The highest BCUT2D eigenvalue weighted by Crippen LogP contribution is 2.77. The van der Waals surface area contributed by atoms with Gasteiger partial charge in [0.15, 0.2) is 5.41 Å². The van der Waals surface area contributed by atoms with Gasteiger partial charge in [0.25, 0.3) is 0 Å². The van der Waals surface area contributed by atoms with Gasteiger partial charge in [0.1, 0.15) is 17.0 Å². The van der Waals surface area contributed by atoms with Crippen molar-refractivity contribution in [3.63, 3.8) is 0 Å². The molecule has 2 fully saturated rings. The van der Waals surface area contributed by atoms with Gasteiger partial charge in [0, 0.05) is 23.8 Å². The molecule has 2 aliphatic rings. The Morgan fingerprint density at radius 1 is 1.04 bits per heavy atom. The number of hydrogen-bond acceptors (Lipinski definition) is 4. The first-order valence-corrected chi connectivity index (χ1v) is 7.77. The van der Waals surface area contributed by atoms with E-state index in [1.54, 1.807) is 24.3 Å². The number of carbonyl (C=O) groups excluding carboxylic acids is 2. The maximum Gasteiger partial charge on any atom is 0.172 e. The number of carbonyl (C=O) groups is 2. The highest BCUT2D eigenvalue weighted by molar-refractivity contribution is 6.30. The second kappa shape index (κ2) is 4.66. The Kier molecular flexibility index (Phi) is 3.19. The summed E-state index contributed by atoms with van der Waals surface area (Å²) in [5.74, 6) is -1.29. The Hall–Kier alpha value is -2.17. The standard InChI is InChI=1S/C18H15ClN2O2/c1-16(2)7-13(22)18(14(23)8-16)15(17(18,9-20)10-21)11-3-5-12(19)6-4-11/h3-6,15H,7-8H2,1-2H3/t15-/m0/s1. The fraction of sp³-hybridized carbons (Fsp3) is 0.444. The van der Waals surface area contributed by atoms with Gasteiger partial charge < -0.3 is 0 Å². The average molecular weight is 327 g/mol. The smallest absolute Gasteiger partial charge is 0.172 e. The van der Waals surface area contributed by atoms with Crippen LogP contribution in [0.1, 0.15) is 38.2 Å². The van der Waals surface area contributed by atoms with Gasteiger partial charge >= 0.3 is 0 Å². The zero-order chi connectivity index (χ0) is 17.0. The summed E-state index contributed by atoms with van der Waals surface area (Å²) >= 11 is 5.88. The topological polar surface area (TPSA) is 81.7 Å². The normalized spacial score (nSPS) is 26.4. The molecule has 3 rings (SSSR count). The number of halogens is 1. The summed E-state index contributed by atoms with van der Waals surface area (Å²) in [5.41, 5.74) is -2.91. The minimum absolute atomic E-state index is 0.202. The number of benzene rings is 1. The van der Waals surface area contributed by atoms with Crippen molar-refractivity contribution in [1.82, 2.24) is 0 Å². The SMILES string of the molecule is CC1(C)CC(=O)C2(C(=O)C1)[C@@H](c1ccc(Cl)cc1)C2(C#N)C#N. The molecule has 0 radical (unpaired) electrons. The van der Waals surface area contributed by atoms with E-state index in [0.29, 0.717) is 10.6 Å². The van der Waals surface area contributed by atoms with Crippen molar-refractivity contribution in [2.24, 2.45) is 16.2 Å². The minimum atomic E-state index is -1.61. The fourth-order valence-corrected chi connectivity index (χ4v) is 4.21. The van der Waals surface area contributed by atoms with Crippen molar-refractivity contribution in [3.05, 3.63) is 34.9 Å². The number of Topliss-reactive ketones (excluding diaryl/α,β-unsaturated/α-hetero) is 2. The van der Waals surface area contributed by atoms with Gasteiger partial charge in [0.05, 0.1) is 12.1 Å². The van der Waals surface area contributed by atoms with Crippen molar-refractivity contribution in [1.29, 1.82) is 10.5 Å². The Balaban J connectivity index is 2.16. The average Bonchev–Trinajstić information content (AvgIpc) is 3.10. The summed E-state index contributed by atoms with van der Waals surface area (Å²) in [6.45, 7) is 3.71. The van der Waals surface area contributed by atoms with Crippen LogP contribution in [0.4, 0.5) is 0 Å². The highest BCUT2D eigenvalue weighted by atomic mass is 35.5. The van der Waals surface area contributed by atoms with Crippen molar-refractivity contribution in [3.8, 4) is 12.1 Å². The zero-order valence-electron chi connectivity index (χ0n) is 12.9. The highest BCUT2D eigenvalue weighted by Gasteiger charge is 2.86. The molecule has 0 heterocycles. The van der Waals surface area contributed by atoms with Crippen molar-refractivity contribution in [2.45, 2.75) is 32.6 Å². The number of rotatable bonds is 1. The van der Waals surface area contributed by atoms with E-state index in [-0.39, 0.29) is 24.4 Å². The van der Waals surface area contributed by atoms with Crippen LogP contribution in [-0.2, 0) is 9.59 Å². The van der Waals surface area contributed by atoms with E-state index < -0.39 is 22.2 Å². The minimum Gasteiger partial charge on any atom is -0.298 e. The molecule has 2 saturated carbocycles. The van der Waals surface area contributed by atoms with Crippen LogP contribution >= 0.6 is 11.6 Å². The van der Waals surface area contributed by atoms with E-state index in [9.17, 15) is 20.1 Å². The van der Waals surface area contributed by atoms with Crippen LogP contribution in [0, 0.1) is 38.9 Å². The third-order valence-corrected chi connectivity index (χ3v) is 5.37. The summed E-state index contributed by atoms with van der Waals surface area (Å²) in [6.07, 6.45) is 0.405. The van der Waals surface area contributed by atoms with Crippen LogP contribution in [0.5, 0.6) is 0 Å². The summed E-state index contributed by atoms with van der Waals surface area (Å²) in [4.78, 5) is 25.7. The molecule has 0 bridgehead atoms. The Morgan fingerprint density at radius 2 is 1.52 bits per heavy atom. The fourth-order valence-electron chi connectivity index (χ4n) is 4.09. The molecule has 1 spiro atoms. The maximum atomic E-state index is 12.8. The molecular weight excluding hydrogens is 312 g/mol. The third kappa shape index (κ3) is 1.82. The van der Waals surface area contributed by atoms with Gasteiger partial charge in [-0.1, -0.05) is 37.6 Å². The van der Waals surface area contributed by atoms with E-state index in [4.69, 9.17) is 11.6 Å². The number of hydrogen-bond donors (Lipinski definition) is 0. The quantitative estimate of drug-likeness (QED) is 0.740. The Labute approximate surface area is 139 Å². The summed E-state index contributed by atoms with van der Waals surface area (Å²) in [5, 5.41) is 19.8. The molecule has 23 heavy (non-hydrogen) atoms. The summed E-state index contributed by atoms with van der Waals surface area (Å²) < 4.78 is 0. The molecule has 5 heteroatoms. The first kappa shape index (κ1) is 15.7. The van der Waals surface area contributed by atoms with Gasteiger partial charge in [-0.2, -0.15) is 10.5 Å². The zero-order valence-corrected chi connectivity index (χ0v) is 13.6. The number of nitrogens with zero attached hydrogens (tertiary/aromatic N) is 2. The molecule has 0 unspecified atom stereocenters. The lowest BCUT2D eigenvalue weighted by Crippen LogP contribution is -2.42. The van der Waals surface area contributed by atoms with Crippen LogP contribution < -0.4 is 0 Å². The maximum absolute atomic E-state index is 12.8. The lowest BCUT2D eigenvalue weighted by molar-refractivity contribution is -0.142. The van der Waals surface area contributed by atoms with Gasteiger partial charge in [-0.05, 0) is 23.1 Å². The summed E-state index contributed by atoms with van der Waals surface area (Å²) in [7, 11) is 0. The lowest BCUT2D eigenvalue weighted by Gasteiger charge is -2.33. The monoisotopic (exact) mass is 326 g/mol. The van der Waals surface area contributed by atoms with Crippen LogP contribution in [0.15, 0.2) is 24.3 Å². The van der Waals surface area contributed by atoms with Crippen molar-refractivity contribution < 1.29 is 9.59 Å². The molecule has 116 valence electrons. The van der Waals surface area contributed by atoms with Gasteiger partial charge in [-0.3, -0.25) is 9.59 Å². The molecule has 0 N–H and O–H groups in total. The first-order valence-electron chi connectivity index (χ1n) is 7.40. The molecule has 0 aliphatic heterocycles. The largest absolute Gasteiger partial charge is 0.298 e. The van der Waals surface area contributed by atoms with Crippen molar-refractivity contribution >= 4 is 23.2 Å². The van der Waals surface area contributed by atoms with Crippen molar-refractivity contribution in [2.75, 3.05) is 0 Å². The van der Waals surface area contributed by atoms with E-state index in [1.807, 2.05) is 26.0 Å². The van der Waals surface area contributed by atoms with Gasteiger partial charge in [-0.15, -0.1) is 0 Å². The Bertz CT molecular complexity index is 762. The molecule has 0 saturated heterocycles. The van der Waals surface area contributed by atoms with E-state index in [2.05, 4.69) is 0 Å². The van der Waals surface area contributed by atoms with Crippen LogP contribution in [0.25, 0.3) is 0 Å². The Morgan fingerprint density at radius 3 is 1.96 bits per heavy atom. The molecule has 0 aromatic heterocycles. The van der Waals surface area contributed by atoms with Crippen LogP contribution in [0.2, 0.25) is 5.02 Å². The second-order valence-electron chi connectivity index (χ2n) is 7.19. The number of ketones is 2. The molecule has 4 nitrogen and oxygen atoms in total. The van der Waals surface area contributed by atoms with Gasteiger partial charge in [-0.25, -0.2) is 0 Å². The van der Waals surface area contributed by atoms with E-state index >= 15 is 0 Å².